The van der Waals surface area contributed by atoms with Crippen LogP contribution in [0.2, 0.25) is 0 Å². The Balaban J connectivity index is 2.12. The molecule has 0 aromatic heterocycles. The van der Waals surface area contributed by atoms with Gasteiger partial charge in [0.2, 0.25) is 0 Å². The van der Waals surface area contributed by atoms with Crippen molar-refractivity contribution in [1.82, 2.24) is 0 Å². The molecule has 2 heteroatoms. The normalized spacial score (nSPS) is 10.9. The van der Waals surface area contributed by atoms with E-state index in [1.54, 1.807) is 12.2 Å². The summed E-state index contributed by atoms with van der Waals surface area (Å²) in [5.74, 6) is 1.66. The zero-order chi connectivity index (χ0) is 19.8. The van der Waals surface area contributed by atoms with Crippen molar-refractivity contribution in [1.29, 1.82) is 0 Å². The molecule has 0 radical (unpaired) electrons. The minimum absolute atomic E-state index is 0.359. The maximum Gasteiger partial charge on any atom is 0.120 e. The molecule has 0 saturated heterocycles. The Labute approximate surface area is 167 Å². The van der Waals surface area contributed by atoms with Crippen LogP contribution >= 0.6 is 0 Å². The van der Waals surface area contributed by atoms with Crippen molar-refractivity contribution in [2.45, 2.75) is 12.3 Å². The van der Waals surface area contributed by atoms with E-state index in [1.165, 1.54) is 5.56 Å². The van der Waals surface area contributed by atoms with E-state index in [0.717, 1.165) is 22.6 Å². The molecule has 0 atom stereocenters. The maximum atomic E-state index is 5.79. The monoisotopic (exact) mass is 370 g/mol. The lowest BCUT2D eigenvalue weighted by Gasteiger charge is -2.32. The fraction of sp³-hybridized carbons (Fsp3) is 0.154. The van der Waals surface area contributed by atoms with Gasteiger partial charge in [-0.05, 0) is 47.9 Å². The summed E-state index contributed by atoms with van der Waals surface area (Å²) < 4.78 is 11.6. The Hall–Kier alpha value is -3.26. The van der Waals surface area contributed by atoms with Crippen LogP contribution in [0.25, 0.3) is 0 Å². The van der Waals surface area contributed by atoms with Crippen molar-refractivity contribution in [3.05, 3.63) is 121 Å². The van der Waals surface area contributed by atoms with E-state index in [9.17, 15) is 0 Å². The molecule has 0 amide bonds. The maximum absolute atomic E-state index is 5.79. The molecule has 0 bridgehead atoms. The zero-order valence-electron chi connectivity index (χ0n) is 16.3. The molecular weight excluding hydrogens is 344 g/mol. The molecule has 3 rings (SSSR count). The van der Waals surface area contributed by atoms with Gasteiger partial charge < -0.3 is 9.47 Å². The van der Waals surface area contributed by atoms with Gasteiger partial charge in [0.1, 0.15) is 24.7 Å². The summed E-state index contributed by atoms with van der Waals surface area (Å²) in [5, 5.41) is 0. The van der Waals surface area contributed by atoms with Crippen LogP contribution in [0.3, 0.4) is 0 Å². The minimum Gasteiger partial charge on any atom is -0.490 e. The lowest BCUT2D eigenvalue weighted by molar-refractivity contribution is 0.361. The van der Waals surface area contributed by atoms with E-state index in [2.05, 4.69) is 68.6 Å². The van der Waals surface area contributed by atoms with E-state index in [4.69, 9.17) is 9.47 Å². The smallest absolute Gasteiger partial charge is 0.120 e. The molecule has 0 aliphatic rings. The predicted molar refractivity (Wildman–Crippen MR) is 116 cm³/mol. The second-order valence-electron chi connectivity index (χ2n) is 6.75. The van der Waals surface area contributed by atoms with E-state index >= 15 is 0 Å². The van der Waals surface area contributed by atoms with Gasteiger partial charge in [-0.25, -0.2) is 0 Å². The van der Waals surface area contributed by atoms with Crippen LogP contribution in [0.1, 0.15) is 23.6 Å². The Morgan fingerprint density at radius 1 is 0.679 bits per heavy atom. The van der Waals surface area contributed by atoms with E-state index in [0.29, 0.717) is 13.2 Å². The summed E-state index contributed by atoms with van der Waals surface area (Å²) in [5.41, 5.74) is 3.15. The number of benzene rings is 3. The highest BCUT2D eigenvalue weighted by Crippen LogP contribution is 2.40. The zero-order valence-corrected chi connectivity index (χ0v) is 16.3. The Bertz CT molecular complexity index is 872. The third-order valence-electron chi connectivity index (χ3n) is 4.91. The van der Waals surface area contributed by atoms with Gasteiger partial charge in [-0.2, -0.15) is 0 Å². The van der Waals surface area contributed by atoms with Gasteiger partial charge in [-0.3, -0.25) is 0 Å². The number of hydrogen-bond acceptors (Lipinski definition) is 2. The standard InChI is InChI=1S/C26H26O2/c1-4-17-27-24-15-9-13-22(19-24)26(3,21-11-7-6-8-12-21)23-14-10-16-25(20-23)28-18-5-2/h4-16,19-20H,1-2,17-18H2,3H3. The molecule has 0 unspecified atom stereocenters. The second kappa shape index (κ2) is 9.09. The third-order valence-corrected chi connectivity index (χ3v) is 4.91. The first-order valence-electron chi connectivity index (χ1n) is 9.42. The summed E-state index contributed by atoms with van der Waals surface area (Å²) in [4.78, 5) is 0. The van der Waals surface area contributed by atoms with Crippen LogP contribution in [0.15, 0.2) is 104 Å². The van der Waals surface area contributed by atoms with Crippen LogP contribution in [0.4, 0.5) is 0 Å². The molecule has 0 fully saturated rings. The molecule has 0 saturated carbocycles. The summed E-state index contributed by atoms with van der Waals surface area (Å²) in [6.45, 7) is 10.7. The van der Waals surface area contributed by atoms with Crippen molar-refractivity contribution >= 4 is 0 Å². The topological polar surface area (TPSA) is 18.5 Å². The van der Waals surface area contributed by atoms with Crippen molar-refractivity contribution in [2.75, 3.05) is 13.2 Å². The van der Waals surface area contributed by atoms with Gasteiger partial charge in [0, 0.05) is 5.41 Å². The fourth-order valence-electron chi connectivity index (χ4n) is 3.38. The first kappa shape index (κ1) is 19.5. The van der Waals surface area contributed by atoms with Crippen molar-refractivity contribution in [2.24, 2.45) is 0 Å². The van der Waals surface area contributed by atoms with Gasteiger partial charge in [0.15, 0.2) is 0 Å². The van der Waals surface area contributed by atoms with Crippen LogP contribution in [0, 0.1) is 0 Å². The molecule has 0 spiro atoms. The molecule has 28 heavy (non-hydrogen) atoms. The number of ether oxygens (including phenoxy) is 2. The lowest BCUT2D eigenvalue weighted by Crippen LogP contribution is -2.25. The summed E-state index contributed by atoms with van der Waals surface area (Å²) in [7, 11) is 0. The highest BCUT2D eigenvalue weighted by atomic mass is 16.5. The number of rotatable bonds is 9. The predicted octanol–water partition coefficient (Wildman–Crippen LogP) is 6.17. The van der Waals surface area contributed by atoms with Crippen LogP contribution in [0.5, 0.6) is 11.5 Å². The molecule has 142 valence electrons. The van der Waals surface area contributed by atoms with E-state index in [1.807, 2.05) is 30.3 Å². The van der Waals surface area contributed by atoms with Gasteiger partial charge >= 0.3 is 0 Å². The van der Waals surface area contributed by atoms with Gasteiger partial charge in [0.05, 0.1) is 0 Å². The first-order valence-corrected chi connectivity index (χ1v) is 9.42. The first-order chi connectivity index (χ1) is 13.7. The fourth-order valence-corrected chi connectivity index (χ4v) is 3.38. The van der Waals surface area contributed by atoms with Crippen LogP contribution in [-0.4, -0.2) is 13.2 Å². The lowest BCUT2D eigenvalue weighted by atomic mass is 9.71. The van der Waals surface area contributed by atoms with Crippen LogP contribution < -0.4 is 9.47 Å². The van der Waals surface area contributed by atoms with Crippen molar-refractivity contribution in [3.8, 4) is 11.5 Å². The van der Waals surface area contributed by atoms with Crippen molar-refractivity contribution < 1.29 is 9.47 Å². The third kappa shape index (κ3) is 4.17. The SMILES string of the molecule is C=CCOc1cccc(C(C)(c2ccccc2)c2cccc(OCC=C)c2)c1. The average molecular weight is 370 g/mol. The molecule has 0 N–H and O–H groups in total. The Morgan fingerprint density at radius 2 is 1.14 bits per heavy atom. The highest BCUT2D eigenvalue weighted by molar-refractivity contribution is 5.52. The average Bonchev–Trinajstić information content (AvgIpc) is 2.76. The molecule has 0 heterocycles. The highest BCUT2D eigenvalue weighted by Gasteiger charge is 2.31. The van der Waals surface area contributed by atoms with Crippen LogP contribution in [-0.2, 0) is 5.41 Å². The summed E-state index contributed by atoms with van der Waals surface area (Å²) in [6, 6.07) is 27.0. The van der Waals surface area contributed by atoms with E-state index < -0.39 is 0 Å². The minimum atomic E-state index is -0.359. The molecule has 0 aliphatic carbocycles. The summed E-state index contributed by atoms with van der Waals surface area (Å²) >= 11 is 0. The molecule has 3 aromatic rings. The molecule has 2 nitrogen and oxygen atoms in total. The Kier molecular flexibility index (Phi) is 6.33. The van der Waals surface area contributed by atoms with Crippen molar-refractivity contribution in [3.63, 3.8) is 0 Å². The molecule has 3 aromatic carbocycles. The Morgan fingerprint density at radius 3 is 1.61 bits per heavy atom. The quantitative estimate of drug-likeness (QED) is 0.331. The van der Waals surface area contributed by atoms with Gasteiger partial charge in [-0.1, -0.05) is 79.9 Å². The molecule has 0 aliphatic heterocycles. The van der Waals surface area contributed by atoms with Gasteiger partial charge in [0.25, 0.3) is 0 Å². The summed E-state index contributed by atoms with van der Waals surface area (Å²) in [6.07, 6.45) is 3.51. The number of hydrogen-bond donors (Lipinski definition) is 0. The largest absolute Gasteiger partial charge is 0.490 e. The second-order valence-corrected chi connectivity index (χ2v) is 6.75. The molecular formula is C26H26O2. The van der Waals surface area contributed by atoms with E-state index in [-0.39, 0.29) is 5.41 Å². The van der Waals surface area contributed by atoms with Gasteiger partial charge in [-0.15, -0.1) is 0 Å².